The van der Waals surface area contributed by atoms with Gasteiger partial charge in [-0.3, -0.25) is 9.36 Å². The number of nitrogens with zero attached hydrogens (tertiary/aromatic N) is 2. The van der Waals surface area contributed by atoms with E-state index >= 15 is 0 Å². The summed E-state index contributed by atoms with van der Waals surface area (Å²) in [5, 5.41) is 2.47. The predicted molar refractivity (Wildman–Crippen MR) is 116 cm³/mol. The van der Waals surface area contributed by atoms with E-state index in [0.29, 0.717) is 10.2 Å². The van der Waals surface area contributed by atoms with Gasteiger partial charge in [0, 0.05) is 10.9 Å². The van der Waals surface area contributed by atoms with Gasteiger partial charge < -0.3 is 4.74 Å². The Morgan fingerprint density at radius 1 is 1.07 bits per heavy atom. The second-order valence-electron chi connectivity index (χ2n) is 6.66. The number of carbonyl (C=O) groups is 1. The molecule has 0 aliphatic heterocycles. The highest BCUT2D eigenvalue weighted by Crippen LogP contribution is 2.32. The van der Waals surface area contributed by atoms with Gasteiger partial charge in [0.05, 0.1) is 18.3 Å². The SMILES string of the molecule is CCOC(=O)C(C)n1cnc2scc(-c3ccc(-c4ccccc4)cc3)c2c1=O. The Balaban J connectivity index is 1.76. The fourth-order valence-electron chi connectivity index (χ4n) is 3.28. The van der Waals surface area contributed by atoms with Crippen molar-refractivity contribution in [2.24, 2.45) is 0 Å². The summed E-state index contributed by atoms with van der Waals surface area (Å²) < 4.78 is 6.40. The van der Waals surface area contributed by atoms with Crippen LogP contribution in [0.2, 0.25) is 0 Å². The highest BCUT2D eigenvalue weighted by Gasteiger charge is 2.21. The van der Waals surface area contributed by atoms with E-state index in [9.17, 15) is 9.59 Å². The minimum absolute atomic E-state index is 0.237. The van der Waals surface area contributed by atoms with Crippen molar-refractivity contribution in [1.82, 2.24) is 9.55 Å². The molecule has 146 valence electrons. The Hall–Kier alpha value is -3.25. The number of rotatable bonds is 5. The van der Waals surface area contributed by atoms with Gasteiger partial charge in [0.2, 0.25) is 0 Å². The average Bonchev–Trinajstić information content (AvgIpc) is 3.19. The lowest BCUT2D eigenvalue weighted by molar-refractivity contribution is -0.146. The smallest absolute Gasteiger partial charge is 0.328 e. The first-order valence-electron chi connectivity index (χ1n) is 9.41. The summed E-state index contributed by atoms with van der Waals surface area (Å²) in [7, 11) is 0. The van der Waals surface area contributed by atoms with Crippen molar-refractivity contribution >= 4 is 27.5 Å². The molecule has 0 aliphatic carbocycles. The van der Waals surface area contributed by atoms with E-state index in [2.05, 4.69) is 17.1 Å². The molecule has 0 amide bonds. The number of aromatic nitrogens is 2. The Labute approximate surface area is 172 Å². The molecule has 0 fully saturated rings. The first-order valence-corrected chi connectivity index (χ1v) is 10.3. The van der Waals surface area contributed by atoms with Crippen LogP contribution in [0.25, 0.3) is 32.5 Å². The van der Waals surface area contributed by atoms with Gasteiger partial charge in [-0.05, 0) is 30.5 Å². The number of fused-ring (bicyclic) bond motifs is 1. The molecule has 4 aromatic rings. The summed E-state index contributed by atoms with van der Waals surface area (Å²) in [6.45, 7) is 3.66. The summed E-state index contributed by atoms with van der Waals surface area (Å²) in [5.74, 6) is -0.445. The molecule has 2 heterocycles. The zero-order chi connectivity index (χ0) is 20.4. The largest absolute Gasteiger partial charge is 0.464 e. The molecule has 0 bridgehead atoms. The second-order valence-corrected chi connectivity index (χ2v) is 7.52. The van der Waals surface area contributed by atoms with Crippen LogP contribution in [-0.2, 0) is 9.53 Å². The molecule has 5 nitrogen and oxygen atoms in total. The first-order chi connectivity index (χ1) is 14.1. The molecule has 2 aromatic heterocycles. The van der Waals surface area contributed by atoms with Crippen LogP contribution in [0, 0.1) is 0 Å². The molecule has 0 aliphatic rings. The summed E-state index contributed by atoms with van der Waals surface area (Å²) in [6.07, 6.45) is 1.42. The van der Waals surface area contributed by atoms with E-state index in [4.69, 9.17) is 4.74 Å². The number of hydrogen-bond acceptors (Lipinski definition) is 5. The van der Waals surface area contributed by atoms with Crippen molar-refractivity contribution in [3.63, 3.8) is 0 Å². The zero-order valence-electron chi connectivity index (χ0n) is 16.2. The van der Waals surface area contributed by atoms with Gasteiger partial charge in [-0.2, -0.15) is 0 Å². The topological polar surface area (TPSA) is 61.2 Å². The van der Waals surface area contributed by atoms with Gasteiger partial charge in [0.15, 0.2) is 0 Å². The summed E-state index contributed by atoms with van der Waals surface area (Å²) in [4.78, 5) is 30.3. The highest BCUT2D eigenvalue weighted by atomic mass is 32.1. The lowest BCUT2D eigenvalue weighted by Gasteiger charge is -2.13. The molecule has 0 saturated carbocycles. The Kier molecular flexibility index (Phi) is 5.27. The standard InChI is InChI=1S/C23H20N2O3S/c1-3-28-23(27)15(2)25-14-24-21-20(22(25)26)19(13-29-21)18-11-9-17(10-12-18)16-7-5-4-6-8-16/h4-15H,3H2,1-2H3. The summed E-state index contributed by atoms with van der Waals surface area (Å²) in [5.41, 5.74) is 3.78. The molecule has 29 heavy (non-hydrogen) atoms. The van der Waals surface area contributed by atoms with Crippen molar-refractivity contribution in [3.05, 3.63) is 76.7 Å². The van der Waals surface area contributed by atoms with E-state index in [1.54, 1.807) is 13.8 Å². The van der Waals surface area contributed by atoms with E-state index in [1.807, 2.05) is 47.8 Å². The van der Waals surface area contributed by atoms with Gasteiger partial charge >= 0.3 is 5.97 Å². The lowest BCUT2D eigenvalue weighted by Crippen LogP contribution is -2.29. The highest BCUT2D eigenvalue weighted by molar-refractivity contribution is 7.17. The number of thiophene rings is 1. The maximum absolute atomic E-state index is 13.1. The molecular formula is C23H20N2O3S. The molecule has 1 unspecified atom stereocenters. The van der Waals surface area contributed by atoms with Crippen LogP contribution >= 0.6 is 11.3 Å². The van der Waals surface area contributed by atoms with Crippen molar-refractivity contribution in [2.75, 3.05) is 6.61 Å². The van der Waals surface area contributed by atoms with Crippen LogP contribution in [0.1, 0.15) is 19.9 Å². The number of esters is 1. The lowest BCUT2D eigenvalue weighted by atomic mass is 10.0. The van der Waals surface area contributed by atoms with Crippen molar-refractivity contribution < 1.29 is 9.53 Å². The zero-order valence-corrected chi connectivity index (χ0v) is 17.0. The van der Waals surface area contributed by atoms with Crippen molar-refractivity contribution in [2.45, 2.75) is 19.9 Å². The van der Waals surface area contributed by atoms with Gasteiger partial charge in [-0.15, -0.1) is 11.3 Å². The Morgan fingerprint density at radius 2 is 1.72 bits per heavy atom. The first kappa shape index (κ1) is 19.1. The maximum atomic E-state index is 13.1. The van der Waals surface area contributed by atoms with Crippen molar-refractivity contribution in [1.29, 1.82) is 0 Å². The van der Waals surface area contributed by atoms with Crippen LogP contribution in [0.5, 0.6) is 0 Å². The third-order valence-corrected chi connectivity index (χ3v) is 5.75. The van der Waals surface area contributed by atoms with Crippen LogP contribution < -0.4 is 5.56 Å². The molecule has 6 heteroatoms. The van der Waals surface area contributed by atoms with Crippen LogP contribution in [-0.4, -0.2) is 22.1 Å². The van der Waals surface area contributed by atoms with E-state index < -0.39 is 12.0 Å². The maximum Gasteiger partial charge on any atom is 0.328 e. The minimum atomic E-state index is -0.729. The minimum Gasteiger partial charge on any atom is -0.464 e. The summed E-state index contributed by atoms with van der Waals surface area (Å²) >= 11 is 1.42. The Morgan fingerprint density at radius 3 is 2.41 bits per heavy atom. The van der Waals surface area contributed by atoms with Crippen LogP contribution in [0.4, 0.5) is 0 Å². The fraction of sp³-hybridized carbons (Fsp3) is 0.174. The van der Waals surface area contributed by atoms with E-state index in [1.165, 1.54) is 22.2 Å². The number of hydrogen-bond donors (Lipinski definition) is 0. The molecule has 0 N–H and O–H groups in total. The number of carbonyl (C=O) groups excluding carboxylic acids is 1. The molecular weight excluding hydrogens is 384 g/mol. The Bertz CT molecular complexity index is 1210. The number of ether oxygens (including phenoxy) is 1. The molecule has 0 radical (unpaired) electrons. The predicted octanol–water partition coefficient (Wildman–Crippen LogP) is 4.92. The molecule has 4 rings (SSSR count). The van der Waals surface area contributed by atoms with Crippen LogP contribution in [0.3, 0.4) is 0 Å². The molecule has 2 aromatic carbocycles. The normalized spacial score (nSPS) is 12.1. The third-order valence-electron chi connectivity index (χ3n) is 4.87. The summed E-state index contributed by atoms with van der Waals surface area (Å²) in [6, 6.07) is 17.5. The van der Waals surface area contributed by atoms with Gasteiger partial charge in [-0.1, -0.05) is 54.6 Å². The molecule has 1 atom stereocenters. The molecule has 0 saturated heterocycles. The van der Waals surface area contributed by atoms with Gasteiger partial charge in [0.25, 0.3) is 5.56 Å². The third kappa shape index (κ3) is 3.59. The number of benzene rings is 2. The van der Waals surface area contributed by atoms with Crippen molar-refractivity contribution in [3.8, 4) is 22.3 Å². The fourth-order valence-corrected chi connectivity index (χ4v) is 4.19. The monoisotopic (exact) mass is 404 g/mol. The average molecular weight is 404 g/mol. The van der Waals surface area contributed by atoms with Crippen LogP contribution in [0.15, 0.2) is 71.1 Å². The van der Waals surface area contributed by atoms with Gasteiger partial charge in [-0.25, -0.2) is 9.78 Å². The van der Waals surface area contributed by atoms with Gasteiger partial charge in [0.1, 0.15) is 10.9 Å². The molecule has 0 spiro atoms. The quantitative estimate of drug-likeness (QED) is 0.443. The second kappa shape index (κ2) is 8.01. The van der Waals surface area contributed by atoms with E-state index in [0.717, 1.165) is 22.3 Å². The van der Waals surface area contributed by atoms with E-state index in [-0.39, 0.29) is 12.2 Å².